The lowest BCUT2D eigenvalue weighted by Crippen LogP contribution is -2.38. The van der Waals surface area contributed by atoms with Crippen molar-refractivity contribution in [1.29, 1.82) is 0 Å². The molecule has 0 aromatic heterocycles. The van der Waals surface area contributed by atoms with Gasteiger partial charge in [-0.15, -0.1) is 0 Å². The lowest BCUT2D eigenvalue weighted by atomic mass is 9.87. The standard InChI is InChI=1S/C16H21NO6S/c1-10-9-13(7-8-14(10)16(20)23-2)24(21,22)17-12-5-3-11(4-6-12)15(18)19/h7-9,11-12,17H,3-6H2,1-2H3,(H,18,19). The highest BCUT2D eigenvalue weighted by Gasteiger charge is 2.29. The van der Waals surface area contributed by atoms with Gasteiger partial charge in [-0.05, 0) is 56.4 Å². The number of hydrogen-bond acceptors (Lipinski definition) is 5. The molecule has 0 heterocycles. The highest BCUT2D eigenvalue weighted by atomic mass is 32.2. The number of carbonyl (C=O) groups excluding carboxylic acids is 1. The van der Waals surface area contributed by atoms with Crippen LogP contribution in [0.5, 0.6) is 0 Å². The molecule has 0 radical (unpaired) electrons. The quantitative estimate of drug-likeness (QED) is 0.778. The van der Waals surface area contributed by atoms with Gasteiger partial charge < -0.3 is 9.84 Å². The van der Waals surface area contributed by atoms with E-state index >= 15 is 0 Å². The first-order valence-electron chi connectivity index (χ1n) is 7.68. The predicted molar refractivity (Wildman–Crippen MR) is 86.2 cm³/mol. The van der Waals surface area contributed by atoms with Gasteiger partial charge in [0.05, 0.1) is 23.5 Å². The third kappa shape index (κ3) is 4.12. The van der Waals surface area contributed by atoms with E-state index in [4.69, 9.17) is 5.11 Å². The van der Waals surface area contributed by atoms with Gasteiger partial charge in [0.2, 0.25) is 10.0 Å². The van der Waals surface area contributed by atoms with Crippen molar-refractivity contribution in [3.63, 3.8) is 0 Å². The molecule has 1 saturated carbocycles. The molecule has 24 heavy (non-hydrogen) atoms. The van der Waals surface area contributed by atoms with Gasteiger partial charge in [-0.1, -0.05) is 0 Å². The van der Waals surface area contributed by atoms with Gasteiger partial charge in [0, 0.05) is 6.04 Å². The Balaban J connectivity index is 2.10. The van der Waals surface area contributed by atoms with E-state index in [-0.39, 0.29) is 10.9 Å². The number of carbonyl (C=O) groups is 2. The Morgan fingerprint density at radius 1 is 1.21 bits per heavy atom. The minimum atomic E-state index is -3.72. The summed E-state index contributed by atoms with van der Waals surface area (Å²) >= 11 is 0. The number of hydrogen-bond donors (Lipinski definition) is 2. The molecule has 2 N–H and O–H groups in total. The molecule has 2 rings (SSSR count). The summed E-state index contributed by atoms with van der Waals surface area (Å²) in [5.41, 5.74) is 0.831. The molecule has 1 aliphatic carbocycles. The lowest BCUT2D eigenvalue weighted by Gasteiger charge is -2.26. The van der Waals surface area contributed by atoms with Gasteiger partial charge >= 0.3 is 11.9 Å². The van der Waals surface area contributed by atoms with Crippen molar-refractivity contribution in [2.75, 3.05) is 7.11 Å². The molecular weight excluding hydrogens is 334 g/mol. The van der Waals surface area contributed by atoms with Crippen LogP contribution in [0.25, 0.3) is 0 Å². The molecule has 1 aromatic rings. The monoisotopic (exact) mass is 355 g/mol. The third-order valence-corrected chi connectivity index (χ3v) is 5.83. The predicted octanol–water partition coefficient (Wildman–Crippen LogP) is 1.70. The van der Waals surface area contributed by atoms with Crippen LogP contribution in [-0.2, 0) is 19.6 Å². The zero-order chi connectivity index (χ0) is 17.9. The fraction of sp³-hybridized carbons (Fsp3) is 0.500. The Morgan fingerprint density at radius 3 is 2.33 bits per heavy atom. The van der Waals surface area contributed by atoms with Crippen LogP contribution in [0.15, 0.2) is 23.1 Å². The van der Waals surface area contributed by atoms with E-state index in [1.165, 1.54) is 25.3 Å². The summed E-state index contributed by atoms with van der Waals surface area (Å²) in [5.74, 6) is -1.74. The first-order valence-corrected chi connectivity index (χ1v) is 9.17. The number of aryl methyl sites for hydroxylation is 1. The first-order chi connectivity index (χ1) is 11.2. The number of carboxylic acids is 1. The number of methoxy groups -OCH3 is 1. The van der Waals surface area contributed by atoms with E-state index in [0.29, 0.717) is 36.8 Å². The average molecular weight is 355 g/mol. The van der Waals surface area contributed by atoms with E-state index in [1.807, 2.05) is 0 Å². The van der Waals surface area contributed by atoms with Crippen LogP contribution < -0.4 is 4.72 Å². The highest BCUT2D eigenvalue weighted by Crippen LogP contribution is 2.26. The van der Waals surface area contributed by atoms with Crippen molar-refractivity contribution >= 4 is 22.0 Å². The van der Waals surface area contributed by atoms with Gasteiger partial charge in [0.25, 0.3) is 0 Å². The average Bonchev–Trinajstić information content (AvgIpc) is 2.54. The van der Waals surface area contributed by atoms with Crippen LogP contribution in [-0.4, -0.2) is 38.6 Å². The van der Waals surface area contributed by atoms with Crippen LogP contribution in [0.3, 0.4) is 0 Å². The molecule has 8 heteroatoms. The Bertz CT molecular complexity index is 735. The summed E-state index contributed by atoms with van der Waals surface area (Å²) in [4.78, 5) is 22.6. The largest absolute Gasteiger partial charge is 0.481 e. The number of benzene rings is 1. The van der Waals surface area contributed by atoms with E-state index in [1.54, 1.807) is 6.92 Å². The van der Waals surface area contributed by atoms with Gasteiger partial charge in [0.15, 0.2) is 0 Å². The second-order valence-electron chi connectivity index (χ2n) is 5.98. The molecule has 0 aliphatic heterocycles. The number of aliphatic carboxylic acids is 1. The Kier molecular flexibility index (Phi) is 5.61. The van der Waals surface area contributed by atoms with Crippen LogP contribution >= 0.6 is 0 Å². The van der Waals surface area contributed by atoms with E-state index in [0.717, 1.165) is 0 Å². The molecule has 0 amide bonds. The number of rotatable bonds is 5. The van der Waals surface area contributed by atoms with Gasteiger partial charge in [-0.25, -0.2) is 17.9 Å². The zero-order valence-corrected chi connectivity index (χ0v) is 14.4. The Morgan fingerprint density at radius 2 is 1.83 bits per heavy atom. The second kappa shape index (κ2) is 7.31. The summed E-state index contributed by atoms with van der Waals surface area (Å²) in [7, 11) is -2.45. The molecule has 0 spiro atoms. The molecule has 0 atom stereocenters. The van der Waals surface area contributed by atoms with E-state index < -0.39 is 27.9 Å². The van der Waals surface area contributed by atoms with Crippen LogP contribution in [0, 0.1) is 12.8 Å². The fourth-order valence-electron chi connectivity index (χ4n) is 2.89. The number of nitrogens with one attached hydrogen (secondary N) is 1. The van der Waals surface area contributed by atoms with Crippen LogP contribution in [0.1, 0.15) is 41.6 Å². The van der Waals surface area contributed by atoms with Crippen LogP contribution in [0.2, 0.25) is 0 Å². The van der Waals surface area contributed by atoms with E-state index in [9.17, 15) is 18.0 Å². The van der Waals surface area contributed by atoms with Crippen molar-refractivity contribution in [3.05, 3.63) is 29.3 Å². The fourth-order valence-corrected chi connectivity index (χ4v) is 4.28. The topological polar surface area (TPSA) is 110 Å². The molecule has 7 nitrogen and oxygen atoms in total. The SMILES string of the molecule is COC(=O)c1ccc(S(=O)(=O)NC2CCC(C(=O)O)CC2)cc1C. The van der Waals surface area contributed by atoms with Crippen LogP contribution in [0.4, 0.5) is 0 Å². The Hall–Kier alpha value is -1.93. The summed E-state index contributed by atoms with van der Waals surface area (Å²) in [6, 6.07) is 3.95. The van der Waals surface area contributed by atoms with Crippen molar-refractivity contribution in [3.8, 4) is 0 Å². The smallest absolute Gasteiger partial charge is 0.338 e. The molecular formula is C16H21NO6S. The number of sulfonamides is 1. The number of esters is 1. The van der Waals surface area contributed by atoms with Gasteiger partial charge in [0.1, 0.15) is 0 Å². The summed E-state index contributed by atoms with van der Waals surface area (Å²) < 4.78 is 32.2. The summed E-state index contributed by atoms with van der Waals surface area (Å²) in [6.07, 6.45) is 1.91. The molecule has 1 fully saturated rings. The molecule has 0 bridgehead atoms. The zero-order valence-electron chi connectivity index (χ0n) is 13.6. The molecule has 0 saturated heterocycles. The summed E-state index contributed by atoms with van der Waals surface area (Å²) in [5, 5.41) is 8.98. The second-order valence-corrected chi connectivity index (χ2v) is 7.69. The molecule has 132 valence electrons. The maximum Gasteiger partial charge on any atom is 0.338 e. The maximum absolute atomic E-state index is 12.5. The van der Waals surface area contributed by atoms with Crippen molar-refractivity contribution < 1.29 is 27.9 Å². The highest BCUT2D eigenvalue weighted by molar-refractivity contribution is 7.89. The maximum atomic E-state index is 12.5. The number of ether oxygens (including phenoxy) is 1. The normalized spacial score (nSPS) is 21.2. The first kappa shape index (κ1) is 18.4. The van der Waals surface area contributed by atoms with Gasteiger partial charge in [-0.2, -0.15) is 0 Å². The molecule has 0 unspecified atom stereocenters. The molecule has 1 aromatic carbocycles. The van der Waals surface area contributed by atoms with Crippen molar-refractivity contribution in [2.45, 2.75) is 43.5 Å². The third-order valence-electron chi connectivity index (χ3n) is 4.31. The van der Waals surface area contributed by atoms with Gasteiger partial charge in [-0.3, -0.25) is 4.79 Å². The minimum Gasteiger partial charge on any atom is -0.481 e. The van der Waals surface area contributed by atoms with Crippen molar-refractivity contribution in [2.24, 2.45) is 5.92 Å². The number of carboxylic acid groups (broad SMARTS) is 1. The summed E-state index contributed by atoms with van der Waals surface area (Å²) in [6.45, 7) is 1.64. The van der Waals surface area contributed by atoms with Crippen molar-refractivity contribution in [1.82, 2.24) is 4.72 Å². The lowest BCUT2D eigenvalue weighted by molar-refractivity contribution is -0.142. The minimum absolute atomic E-state index is 0.0769. The molecule has 1 aliphatic rings. The van der Waals surface area contributed by atoms with E-state index in [2.05, 4.69) is 9.46 Å². The Labute approximate surface area is 141 Å².